The molecule has 2 rings (SSSR count). The van der Waals surface area contributed by atoms with Crippen molar-refractivity contribution >= 4 is 36.0 Å². The SMILES string of the molecule is CCC(CC)(CNC(=NC)NC1CCN(Cc2ccccn2)CC1)NC(=O)OC(C)(C)C.I. The zero-order valence-electron chi connectivity index (χ0n) is 21.1. The van der Waals surface area contributed by atoms with Crippen LogP contribution in [-0.2, 0) is 11.3 Å². The van der Waals surface area contributed by atoms with Gasteiger partial charge in [0.2, 0.25) is 0 Å². The van der Waals surface area contributed by atoms with E-state index in [0.717, 1.165) is 57.0 Å². The van der Waals surface area contributed by atoms with Gasteiger partial charge < -0.3 is 20.7 Å². The van der Waals surface area contributed by atoms with Crippen LogP contribution in [0.3, 0.4) is 0 Å². The third-order valence-electron chi connectivity index (χ3n) is 5.98. The van der Waals surface area contributed by atoms with Crippen LogP contribution < -0.4 is 16.0 Å². The first kappa shape index (κ1) is 29.4. The summed E-state index contributed by atoms with van der Waals surface area (Å²) in [5.41, 5.74) is 0.198. The second-order valence-electron chi connectivity index (χ2n) is 9.56. The molecular formula is C24H43IN6O2. The van der Waals surface area contributed by atoms with Crippen molar-refractivity contribution in [2.24, 2.45) is 4.99 Å². The van der Waals surface area contributed by atoms with E-state index in [1.165, 1.54) is 0 Å². The van der Waals surface area contributed by atoms with E-state index in [9.17, 15) is 4.79 Å². The molecule has 0 bridgehead atoms. The van der Waals surface area contributed by atoms with Crippen molar-refractivity contribution in [2.45, 2.75) is 84.0 Å². The minimum atomic E-state index is -0.520. The maximum absolute atomic E-state index is 12.4. The lowest BCUT2D eigenvalue weighted by Gasteiger charge is -2.36. The standard InChI is InChI=1S/C24H42N6O2.HI/c1-7-24(8-2,29-22(31)32-23(3,4)5)18-27-21(25-6)28-19-12-15-30(16-13-19)17-20-11-9-10-14-26-20;/h9-11,14,19H,7-8,12-13,15-18H2,1-6H3,(H,29,31)(H2,25,27,28);1H. The number of nitrogens with one attached hydrogen (secondary N) is 3. The molecule has 33 heavy (non-hydrogen) atoms. The van der Waals surface area contributed by atoms with Gasteiger partial charge in [0.15, 0.2) is 5.96 Å². The molecular weight excluding hydrogens is 531 g/mol. The van der Waals surface area contributed by atoms with E-state index in [-0.39, 0.29) is 30.1 Å². The number of aromatic nitrogens is 1. The molecule has 0 unspecified atom stereocenters. The lowest BCUT2D eigenvalue weighted by atomic mass is 9.93. The molecule has 3 N–H and O–H groups in total. The van der Waals surface area contributed by atoms with Crippen molar-refractivity contribution < 1.29 is 9.53 Å². The quantitative estimate of drug-likeness (QED) is 0.248. The predicted octanol–water partition coefficient (Wildman–Crippen LogP) is 3.91. The maximum atomic E-state index is 12.4. The van der Waals surface area contributed by atoms with Crippen molar-refractivity contribution in [3.05, 3.63) is 30.1 Å². The van der Waals surface area contributed by atoms with Crippen molar-refractivity contribution in [3.8, 4) is 0 Å². The van der Waals surface area contributed by atoms with Crippen LogP contribution >= 0.6 is 24.0 Å². The molecule has 1 aliphatic heterocycles. The Morgan fingerprint density at radius 3 is 2.39 bits per heavy atom. The Morgan fingerprint density at radius 2 is 1.88 bits per heavy atom. The van der Waals surface area contributed by atoms with Crippen LogP contribution in [0.4, 0.5) is 4.79 Å². The number of alkyl carbamates (subject to hydrolysis) is 1. The third-order valence-corrected chi connectivity index (χ3v) is 5.98. The first-order valence-electron chi connectivity index (χ1n) is 11.8. The number of hydrogen-bond acceptors (Lipinski definition) is 5. The molecule has 1 aromatic heterocycles. The van der Waals surface area contributed by atoms with Crippen molar-refractivity contribution in [2.75, 3.05) is 26.7 Å². The number of halogens is 1. The lowest BCUT2D eigenvalue weighted by Crippen LogP contribution is -2.58. The zero-order valence-corrected chi connectivity index (χ0v) is 23.4. The van der Waals surface area contributed by atoms with Gasteiger partial charge in [-0.1, -0.05) is 19.9 Å². The Hall–Kier alpha value is -1.62. The number of pyridine rings is 1. The van der Waals surface area contributed by atoms with Crippen LogP contribution in [0.5, 0.6) is 0 Å². The average molecular weight is 575 g/mol. The molecule has 1 fully saturated rings. The summed E-state index contributed by atoms with van der Waals surface area (Å²) < 4.78 is 5.47. The fraction of sp³-hybridized carbons (Fsp3) is 0.708. The van der Waals surface area contributed by atoms with E-state index in [0.29, 0.717) is 12.6 Å². The van der Waals surface area contributed by atoms with Crippen molar-refractivity contribution in [3.63, 3.8) is 0 Å². The maximum Gasteiger partial charge on any atom is 0.408 e. The Kier molecular flexibility index (Phi) is 12.4. The normalized spacial score (nSPS) is 16.0. The highest BCUT2D eigenvalue weighted by molar-refractivity contribution is 14.0. The Morgan fingerprint density at radius 1 is 1.21 bits per heavy atom. The number of piperidine rings is 1. The minimum absolute atomic E-state index is 0. The number of amides is 1. The molecule has 0 aromatic carbocycles. The van der Waals surface area contributed by atoms with Gasteiger partial charge in [-0.05, 0) is 58.6 Å². The number of ether oxygens (including phenoxy) is 1. The van der Waals surface area contributed by atoms with Gasteiger partial charge in [-0.25, -0.2) is 4.79 Å². The van der Waals surface area contributed by atoms with Gasteiger partial charge in [-0.15, -0.1) is 24.0 Å². The topological polar surface area (TPSA) is 90.9 Å². The summed E-state index contributed by atoms with van der Waals surface area (Å²) in [5, 5.41) is 10.1. The number of aliphatic imine (C=N–C) groups is 1. The third kappa shape index (κ3) is 10.5. The van der Waals surface area contributed by atoms with Crippen LogP contribution in [0, 0.1) is 0 Å². The predicted molar refractivity (Wildman–Crippen MR) is 145 cm³/mol. The largest absolute Gasteiger partial charge is 0.444 e. The summed E-state index contributed by atoms with van der Waals surface area (Å²) in [6.07, 6.45) is 5.15. The highest BCUT2D eigenvalue weighted by atomic mass is 127. The van der Waals surface area contributed by atoms with E-state index in [1.807, 2.05) is 39.1 Å². The molecule has 9 heteroatoms. The van der Waals surface area contributed by atoms with Crippen molar-refractivity contribution in [1.82, 2.24) is 25.8 Å². The Balaban J connectivity index is 0.00000544. The molecule has 0 saturated carbocycles. The molecule has 0 spiro atoms. The summed E-state index contributed by atoms with van der Waals surface area (Å²) in [6, 6.07) is 6.44. The van der Waals surface area contributed by atoms with E-state index < -0.39 is 11.1 Å². The lowest BCUT2D eigenvalue weighted by molar-refractivity contribution is 0.0448. The second-order valence-corrected chi connectivity index (χ2v) is 9.56. The van der Waals surface area contributed by atoms with Crippen LogP contribution in [0.25, 0.3) is 0 Å². The van der Waals surface area contributed by atoms with Gasteiger partial charge in [-0.2, -0.15) is 0 Å². The first-order valence-corrected chi connectivity index (χ1v) is 11.8. The smallest absolute Gasteiger partial charge is 0.408 e. The van der Waals surface area contributed by atoms with Crippen LogP contribution in [0.1, 0.15) is 66.0 Å². The number of likely N-dealkylation sites (tertiary alicyclic amines) is 1. The molecule has 1 aliphatic rings. The fourth-order valence-corrected chi connectivity index (χ4v) is 3.84. The van der Waals surface area contributed by atoms with Crippen LogP contribution in [-0.4, -0.2) is 65.8 Å². The zero-order chi connectivity index (χ0) is 23.6. The molecule has 1 aromatic rings. The highest BCUT2D eigenvalue weighted by Gasteiger charge is 2.31. The second kappa shape index (κ2) is 13.9. The number of guanidine groups is 1. The first-order chi connectivity index (χ1) is 15.2. The van der Waals surface area contributed by atoms with Gasteiger partial charge in [-0.3, -0.25) is 14.9 Å². The monoisotopic (exact) mass is 574 g/mol. The number of rotatable bonds is 8. The van der Waals surface area contributed by atoms with Crippen LogP contribution in [0.2, 0.25) is 0 Å². The van der Waals surface area contributed by atoms with Gasteiger partial charge in [0.1, 0.15) is 5.60 Å². The summed E-state index contributed by atoms with van der Waals surface area (Å²) in [6.45, 7) is 13.3. The molecule has 8 nitrogen and oxygen atoms in total. The average Bonchev–Trinajstić information content (AvgIpc) is 2.76. The summed E-state index contributed by atoms with van der Waals surface area (Å²) >= 11 is 0. The molecule has 188 valence electrons. The van der Waals surface area contributed by atoms with E-state index in [4.69, 9.17) is 4.74 Å². The summed E-state index contributed by atoms with van der Waals surface area (Å²) in [7, 11) is 1.78. The number of carbonyl (C=O) groups is 1. The fourth-order valence-electron chi connectivity index (χ4n) is 3.84. The molecule has 1 saturated heterocycles. The molecule has 1 amide bonds. The van der Waals surface area contributed by atoms with Crippen LogP contribution in [0.15, 0.2) is 29.4 Å². The Bertz CT molecular complexity index is 726. The minimum Gasteiger partial charge on any atom is -0.444 e. The highest BCUT2D eigenvalue weighted by Crippen LogP contribution is 2.17. The number of nitrogens with zero attached hydrogens (tertiary/aromatic N) is 3. The Labute approximate surface area is 216 Å². The molecule has 0 aliphatic carbocycles. The van der Waals surface area contributed by atoms with Gasteiger partial charge in [0.25, 0.3) is 0 Å². The number of carbonyl (C=O) groups excluding carboxylic acids is 1. The van der Waals surface area contributed by atoms with Gasteiger partial charge in [0.05, 0.1) is 11.2 Å². The number of hydrogen-bond donors (Lipinski definition) is 3. The van der Waals surface area contributed by atoms with E-state index in [1.54, 1.807) is 7.05 Å². The van der Waals surface area contributed by atoms with Gasteiger partial charge in [0, 0.05) is 45.5 Å². The van der Waals surface area contributed by atoms with Gasteiger partial charge >= 0.3 is 6.09 Å². The molecule has 0 radical (unpaired) electrons. The molecule has 0 atom stereocenters. The van der Waals surface area contributed by atoms with E-state index in [2.05, 4.69) is 50.7 Å². The van der Waals surface area contributed by atoms with Crippen molar-refractivity contribution in [1.29, 1.82) is 0 Å². The van der Waals surface area contributed by atoms with E-state index >= 15 is 0 Å². The summed E-state index contributed by atoms with van der Waals surface area (Å²) in [5.74, 6) is 0.769. The summed E-state index contributed by atoms with van der Waals surface area (Å²) in [4.78, 5) is 23.7. The molecule has 2 heterocycles.